The first kappa shape index (κ1) is 12.7. The number of ether oxygens (including phenoxy) is 2. The largest absolute Gasteiger partial charge is 0.373 e. The molecule has 6 atom stereocenters. The van der Waals surface area contributed by atoms with E-state index in [1.54, 1.807) is 0 Å². The zero-order valence-electron chi connectivity index (χ0n) is 13.1. The van der Waals surface area contributed by atoms with Gasteiger partial charge in [-0.2, -0.15) is 0 Å². The number of fused-ring (bicyclic) bond motifs is 7. The van der Waals surface area contributed by atoms with Crippen LogP contribution in [0.1, 0.15) is 31.4 Å². The minimum atomic E-state index is -0.448. The molecule has 1 amide bonds. The first-order chi connectivity index (χ1) is 11.1. The lowest BCUT2D eigenvalue weighted by Crippen LogP contribution is -2.53. The topological polar surface area (TPSA) is 38.8 Å². The summed E-state index contributed by atoms with van der Waals surface area (Å²) in [5, 5.41) is 0. The number of rotatable bonds is 0. The van der Waals surface area contributed by atoms with E-state index in [0.717, 1.165) is 25.1 Å². The van der Waals surface area contributed by atoms with E-state index in [-0.39, 0.29) is 29.6 Å². The van der Waals surface area contributed by atoms with Gasteiger partial charge in [-0.1, -0.05) is 30.4 Å². The molecule has 23 heavy (non-hydrogen) atoms. The highest BCUT2D eigenvalue weighted by molar-refractivity contribution is 6.02. The van der Waals surface area contributed by atoms with Gasteiger partial charge in [-0.3, -0.25) is 4.79 Å². The smallest absolute Gasteiger partial charge is 0.233 e. The van der Waals surface area contributed by atoms with E-state index in [0.29, 0.717) is 5.92 Å². The molecule has 5 heterocycles. The molecule has 1 aromatic carbocycles. The molecule has 118 valence electrons. The second-order valence-electron chi connectivity index (χ2n) is 7.81. The van der Waals surface area contributed by atoms with Crippen molar-refractivity contribution in [3.63, 3.8) is 0 Å². The molecule has 5 aliphatic rings. The number of carbonyl (C=O) groups excluding carboxylic acids is 1. The predicted molar refractivity (Wildman–Crippen MR) is 84.0 cm³/mol. The van der Waals surface area contributed by atoms with Crippen molar-refractivity contribution in [2.75, 3.05) is 11.5 Å². The van der Waals surface area contributed by atoms with Crippen molar-refractivity contribution in [3.05, 3.63) is 42.0 Å². The molecule has 1 spiro atoms. The fourth-order valence-electron chi connectivity index (χ4n) is 5.78. The van der Waals surface area contributed by atoms with Gasteiger partial charge in [0.25, 0.3) is 0 Å². The zero-order chi connectivity index (χ0) is 15.4. The second-order valence-corrected chi connectivity index (χ2v) is 7.81. The third-order valence-corrected chi connectivity index (χ3v) is 6.58. The number of hydrogen-bond acceptors (Lipinski definition) is 3. The Hall–Kier alpha value is -1.65. The van der Waals surface area contributed by atoms with E-state index in [1.165, 1.54) is 5.56 Å². The quantitative estimate of drug-likeness (QED) is 0.692. The molecule has 6 rings (SSSR count). The van der Waals surface area contributed by atoms with Crippen LogP contribution in [0.3, 0.4) is 0 Å². The zero-order valence-corrected chi connectivity index (χ0v) is 13.1. The molecular weight excluding hydrogens is 290 g/mol. The van der Waals surface area contributed by atoms with Crippen LogP contribution in [-0.2, 0) is 14.3 Å². The van der Waals surface area contributed by atoms with Crippen LogP contribution >= 0.6 is 0 Å². The third kappa shape index (κ3) is 1.27. The predicted octanol–water partition coefficient (Wildman–Crippen LogP) is 2.60. The molecule has 1 aromatic rings. The molecule has 0 aromatic heterocycles. The summed E-state index contributed by atoms with van der Waals surface area (Å²) in [5.74, 6) is 0.514. The SMILES string of the molecule is CC12C=CC3(O1)C(C2)C(=O)N1c2ccccc2C2OCCC2C13. The number of amides is 1. The Kier molecular flexibility index (Phi) is 2.05. The summed E-state index contributed by atoms with van der Waals surface area (Å²) in [5.41, 5.74) is 1.48. The number of benzene rings is 1. The first-order valence-electron chi connectivity index (χ1n) is 8.57. The van der Waals surface area contributed by atoms with Crippen molar-refractivity contribution in [1.29, 1.82) is 0 Å². The van der Waals surface area contributed by atoms with Gasteiger partial charge in [-0.15, -0.1) is 0 Å². The maximum absolute atomic E-state index is 13.3. The number of nitrogens with zero attached hydrogens (tertiary/aromatic N) is 1. The summed E-state index contributed by atoms with van der Waals surface area (Å²) in [4.78, 5) is 15.3. The molecule has 6 unspecified atom stereocenters. The van der Waals surface area contributed by atoms with Crippen LogP contribution in [0.2, 0.25) is 0 Å². The van der Waals surface area contributed by atoms with Gasteiger partial charge < -0.3 is 14.4 Å². The maximum atomic E-state index is 13.3. The van der Waals surface area contributed by atoms with Crippen LogP contribution in [0.5, 0.6) is 0 Å². The van der Waals surface area contributed by atoms with Crippen molar-refractivity contribution >= 4 is 11.6 Å². The van der Waals surface area contributed by atoms with Gasteiger partial charge in [0.05, 0.1) is 23.7 Å². The average Bonchev–Trinajstić information content (AvgIpc) is 3.26. The Balaban J connectivity index is 1.60. The molecule has 0 saturated carbocycles. The normalized spacial score (nSPS) is 48.4. The highest BCUT2D eigenvalue weighted by atomic mass is 16.5. The van der Waals surface area contributed by atoms with Gasteiger partial charge >= 0.3 is 0 Å². The van der Waals surface area contributed by atoms with Crippen LogP contribution in [-0.4, -0.2) is 29.8 Å². The number of hydrogen-bond donors (Lipinski definition) is 0. The van der Waals surface area contributed by atoms with Crippen molar-refractivity contribution in [2.45, 2.75) is 43.1 Å². The van der Waals surface area contributed by atoms with Gasteiger partial charge in [0, 0.05) is 23.8 Å². The van der Waals surface area contributed by atoms with Gasteiger partial charge in [0.15, 0.2) is 0 Å². The summed E-state index contributed by atoms with van der Waals surface area (Å²) in [6.07, 6.45) is 6.25. The van der Waals surface area contributed by atoms with E-state index in [9.17, 15) is 4.79 Å². The first-order valence-corrected chi connectivity index (χ1v) is 8.57. The fourth-order valence-corrected chi connectivity index (χ4v) is 5.78. The Bertz CT molecular complexity index is 774. The molecule has 4 heteroatoms. The molecule has 3 fully saturated rings. The second kappa shape index (κ2) is 3.70. The summed E-state index contributed by atoms with van der Waals surface area (Å²) in [6, 6.07) is 8.31. The van der Waals surface area contributed by atoms with E-state index < -0.39 is 5.60 Å². The minimum absolute atomic E-state index is 0.0464. The number of para-hydroxylation sites is 1. The van der Waals surface area contributed by atoms with Gasteiger partial charge in [0.2, 0.25) is 5.91 Å². The fraction of sp³-hybridized carbons (Fsp3) is 0.526. The van der Waals surface area contributed by atoms with E-state index in [4.69, 9.17) is 9.47 Å². The van der Waals surface area contributed by atoms with Crippen LogP contribution in [0, 0.1) is 11.8 Å². The lowest BCUT2D eigenvalue weighted by Gasteiger charge is -2.44. The molecule has 4 nitrogen and oxygen atoms in total. The minimum Gasteiger partial charge on any atom is -0.373 e. The van der Waals surface area contributed by atoms with E-state index in [1.807, 2.05) is 17.0 Å². The average molecular weight is 309 g/mol. The van der Waals surface area contributed by atoms with E-state index >= 15 is 0 Å². The summed E-state index contributed by atoms with van der Waals surface area (Å²) < 4.78 is 12.6. The lowest BCUT2D eigenvalue weighted by molar-refractivity contribution is -0.121. The van der Waals surface area contributed by atoms with Crippen molar-refractivity contribution in [2.24, 2.45) is 11.8 Å². The van der Waals surface area contributed by atoms with Crippen LogP contribution < -0.4 is 4.90 Å². The van der Waals surface area contributed by atoms with Crippen molar-refractivity contribution < 1.29 is 14.3 Å². The van der Waals surface area contributed by atoms with Gasteiger partial charge in [-0.05, 0) is 25.8 Å². The van der Waals surface area contributed by atoms with Crippen LogP contribution in [0.15, 0.2) is 36.4 Å². The highest BCUT2D eigenvalue weighted by Gasteiger charge is 2.72. The maximum Gasteiger partial charge on any atom is 0.233 e. The number of anilines is 1. The van der Waals surface area contributed by atoms with Crippen LogP contribution in [0.4, 0.5) is 5.69 Å². The molecule has 0 radical (unpaired) electrons. The summed E-state index contributed by atoms with van der Waals surface area (Å²) in [6.45, 7) is 2.87. The molecule has 2 bridgehead atoms. The van der Waals surface area contributed by atoms with Crippen molar-refractivity contribution in [1.82, 2.24) is 0 Å². The summed E-state index contributed by atoms with van der Waals surface area (Å²) in [7, 11) is 0. The Labute approximate surface area is 135 Å². The molecular formula is C19H19NO3. The standard InChI is InChI=1S/C19H19NO3/c1-18-7-8-19(23-18)13(10-18)17(21)20-14-5-3-2-4-11(14)15-12(16(19)20)6-9-22-15/h2-5,7-8,12-13,15-16H,6,9-10H2,1H3. The Morgan fingerprint density at radius 3 is 3.00 bits per heavy atom. The van der Waals surface area contributed by atoms with Crippen molar-refractivity contribution in [3.8, 4) is 0 Å². The van der Waals surface area contributed by atoms with Crippen LogP contribution in [0.25, 0.3) is 0 Å². The Morgan fingerprint density at radius 1 is 1.26 bits per heavy atom. The van der Waals surface area contributed by atoms with Gasteiger partial charge in [0.1, 0.15) is 5.60 Å². The highest BCUT2D eigenvalue weighted by Crippen LogP contribution is 2.63. The molecule has 0 aliphatic carbocycles. The van der Waals surface area contributed by atoms with Gasteiger partial charge in [-0.25, -0.2) is 0 Å². The monoisotopic (exact) mass is 309 g/mol. The number of carbonyl (C=O) groups is 1. The summed E-state index contributed by atoms with van der Waals surface area (Å²) >= 11 is 0. The molecule has 5 aliphatic heterocycles. The molecule has 0 N–H and O–H groups in total. The van der Waals surface area contributed by atoms with E-state index in [2.05, 4.69) is 31.2 Å². The molecule has 3 saturated heterocycles. The Morgan fingerprint density at radius 2 is 2.13 bits per heavy atom. The lowest BCUT2D eigenvalue weighted by atomic mass is 9.72. The third-order valence-electron chi connectivity index (χ3n) is 6.58.